The zero-order chi connectivity index (χ0) is 13.8. The number of halogens is 1. The summed E-state index contributed by atoms with van der Waals surface area (Å²) < 4.78 is 0. The van der Waals surface area contributed by atoms with E-state index >= 15 is 0 Å². The van der Waals surface area contributed by atoms with Gasteiger partial charge in [0.05, 0.1) is 0 Å². The van der Waals surface area contributed by atoms with E-state index in [9.17, 15) is 0 Å². The molecule has 0 atom stereocenters. The van der Waals surface area contributed by atoms with Gasteiger partial charge in [-0.2, -0.15) is 0 Å². The first-order chi connectivity index (χ1) is 9.81. The van der Waals surface area contributed by atoms with Crippen LogP contribution in [0.25, 0.3) is 0 Å². The molecule has 20 heavy (non-hydrogen) atoms. The maximum atomic E-state index is 5.95. The number of piperidine rings is 2. The van der Waals surface area contributed by atoms with E-state index in [4.69, 9.17) is 11.6 Å². The molecule has 0 spiro atoms. The van der Waals surface area contributed by atoms with Gasteiger partial charge < -0.3 is 4.90 Å². The van der Waals surface area contributed by atoms with E-state index in [-0.39, 0.29) is 0 Å². The summed E-state index contributed by atoms with van der Waals surface area (Å²) in [5, 5.41) is 0.603. The largest absolute Gasteiger partial charge is 0.300 e. The highest BCUT2D eigenvalue weighted by atomic mass is 35.5. The minimum Gasteiger partial charge on any atom is -0.300 e. The Morgan fingerprint density at radius 2 is 1.85 bits per heavy atom. The third-order valence-electron chi connectivity index (χ3n) is 4.66. The van der Waals surface area contributed by atoms with Crippen LogP contribution in [-0.2, 0) is 6.54 Å². The number of rotatable bonds is 3. The van der Waals surface area contributed by atoms with E-state index in [0.29, 0.717) is 5.15 Å². The predicted octanol–water partition coefficient (Wildman–Crippen LogP) is 3.19. The molecule has 2 aliphatic heterocycles. The first-order valence-corrected chi connectivity index (χ1v) is 8.26. The Kier molecular flexibility index (Phi) is 4.92. The maximum absolute atomic E-state index is 5.95. The van der Waals surface area contributed by atoms with E-state index in [0.717, 1.165) is 12.6 Å². The molecule has 3 rings (SSSR count). The Bertz CT molecular complexity index is 423. The molecule has 1 aromatic rings. The van der Waals surface area contributed by atoms with Crippen molar-refractivity contribution in [1.82, 2.24) is 14.8 Å². The number of pyridine rings is 1. The van der Waals surface area contributed by atoms with Gasteiger partial charge in [-0.3, -0.25) is 4.90 Å². The Hall–Kier alpha value is -0.640. The lowest BCUT2D eigenvalue weighted by Gasteiger charge is -2.40. The zero-order valence-electron chi connectivity index (χ0n) is 12.1. The van der Waals surface area contributed by atoms with Crippen molar-refractivity contribution < 1.29 is 0 Å². The lowest BCUT2D eigenvalue weighted by molar-refractivity contribution is 0.0896. The molecule has 2 saturated heterocycles. The molecule has 0 radical (unpaired) electrons. The molecule has 0 aliphatic carbocycles. The monoisotopic (exact) mass is 293 g/mol. The molecule has 110 valence electrons. The van der Waals surface area contributed by atoms with Gasteiger partial charge in [-0.25, -0.2) is 4.98 Å². The van der Waals surface area contributed by atoms with E-state index in [1.165, 1.54) is 63.8 Å². The summed E-state index contributed by atoms with van der Waals surface area (Å²) in [5.41, 5.74) is 1.28. The summed E-state index contributed by atoms with van der Waals surface area (Å²) in [6.45, 7) is 6.08. The third-order valence-corrected chi connectivity index (χ3v) is 4.87. The van der Waals surface area contributed by atoms with Gasteiger partial charge in [0.2, 0.25) is 0 Å². The molecular weight excluding hydrogens is 270 g/mol. The summed E-state index contributed by atoms with van der Waals surface area (Å²) in [4.78, 5) is 9.32. The van der Waals surface area contributed by atoms with Crippen LogP contribution in [0.15, 0.2) is 18.3 Å². The van der Waals surface area contributed by atoms with Crippen LogP contribution in [-0.4, -0.2) is 47.0 Å². The van der Waals surface area contributed by atoms with Crippen molar-refractivity contribution in [2.45, 2.75) is 44.7 Å². The van der Waals surface area contributed by atoms with Crippen LogP contribution < -0.4 is 0 Å². The second-order valence-electron chi connectivity index (χ2n) is 6.09. The zero-order valence-corrected chi connectivity index (χ0v) is 12.9. The van der Waals surface area contributed by atoms with Gasteiger partial charge in [-0.05, 0) is 69.6 Å². The molecule has 1 aromatic heterocycles. The molecular formula is C16H24ClN3. The molecule has 2 aliphatic rings. The predicted molar refractivity (Wildman–Crippen MR) is 83.0 cm³/mol. The molecule has 0 unspecified atom stereocenters. The smallest absolute Gasteiger partial charge is 0.129 e. The van der Waals surface area contributed by atoms with Crippen LogP contribution in [0, 0.1) is 0 Å². The van der Waals surface area contributed by atoms with Gasteiger partial charge >= 0.3 is 0 Å². The van der Waals surface area contributed by atoms with Crippen molar-refractivity contribution in [3.8, 4) is 0 Å². The van der Waals surface area contributed by atoms with Crippen molar-refractivity contribution in [2.75, 3.05) is 26.2 Å². The summed E-state index contributed by atoms with van der Waals surface area (Å²) >= 11 is 5.95. The summed E-state index contributed by atoms with van der Waals surface area (Å²) in [6.07, 6.45) is 8.67. The number of nitrogens with zero attached hydrogens (tertiary/aromatic N) is 3. The molecule has 0 amide bonds. The molecule has 0 bridgehead atoms. The lowest BCUT2D eigenvalue weighted by atomic mass is 9.99. The SMILES string of the molecule is Clc1cc(CN2CCC(N3CCCCC3)CC2)ccn1. The summed E-state index contributed by atoms with van der Waals surface area (Å²) in [7, 11) is 0. The average Bonchev–Trinajstić information content (AvgIpc) is 2.49. The fourth-order valence-electron chi connectivity index (χ4n) is 3.53. The summed E-state index contributed by atoms with van der Waals surface area (Å²) in [6, 6.07) is 4.88. The molecule has 4 heteroatoms. The Morgan fingerprint density at radius 3 is 2.55 bits per heavy atom. The number of aromatic nitrogens is 1. The second-order valence-corrected chi connectivity index (χ2v) is 6.48. The van der Waals surface area contributed by atoms with Crippen LogP contribution in [0.5, 0.6) is 0 Å². The van der Waals surface area contributed by atoms with E-state index < -0.39 is 0 Å². The van der Waals surface area contributed by atoms with Crippen LogP contribution in [0.4, 0.5) is 0 Å². The van der Waals surface area contributed by atoms with E-state index in [2.05, 4.69) is 20.9 Å². The maximum Gasteiger partial charge on any atom is 0.129 e. The third kappa shape index (κ3) is 3.72. The molecule has 0 aromatic carbocycles. The minimum absolute atomic E-state index is 0.603. The van der Waals surface area contributed by atoms with Crippen LogP contribution in [0.2, 0.25) is 5.15 Å². The molecule has 2 fully saturated rings. The van der Waals surface area contributed by atoms with E-state index in [1.807, 2.05) is 6.07 Å². The molecule has 0 saturated carbocycles. The number of likely N-dealkylation sites (tertiary alicyclic amines) is 2. The Morgan fingerprint density at radius 1 is 1.10 bits per heavy atom. The fraction of sp³-hybridized carbons (Fsp3) is 0.688. The first-order valence-electron chi connectivity index (χ1n) is 7.88. The van der Waals surface area contributed by atoms with E-state index in [1.54, 1.807) is 6.20 Å². The van der Waals surface area contributed by atoms with Gasteiger partial charge in [0.1, 0.15) is 5.15 Å². The molecule has 0 N–H and O–H groups in total. The first kappa shape index (κ1) is 14.3. The quantitative estimate of drug-likeness (QED) is 0.798. The van der Waals surface area contributed by atoms with Gasteiger partial charge in [0.25, 0.3) is 0 Å². The van der Waals surface area contributed by atoms with Crippen molar-refractivity contribution >= 4 is 11.6 Å². The van der Waals surface area contributed by atoms with Gasteiger partial charge in [0.15, 0.2) is 0 Å². The molecule has 3 heterocycles. The minimum atomic E-state index is 0.603. The normalized spacial score (nSPS) is 23.1. The average molecular weight is 294 g/mol. The Balaban J connectivity index is 1.48. The topological polar surface area (TPSA) is 19.4 Å². The Labute approximate surface area is 126 Å². The number of hydrogen-bond donors (Lipinski definition) is 0. The highest BCUT2D eigenvalue weighted by Gasteiger charge is 2.25. The highest BCUT2D eigenvalue weighted by molar-refractivity contribution is 6.29. The van der Waals surface area contributed by atoms with Crippen LogP contribution >= 0.6 is 11.6 Å². The second kappa shape index (κ2) is 6.88. The van der Waals surface area contributed by atoms with Gasteiger partial charge in [0, 0.05) is 18.8 Å². The van der Waals surface area contributed by atoms with Crippen molar-refractivity contribution in [2.24, 2.45) is 0 Å². The van der Waals surface area contributed by atoms with Crippen molar-refractivity contribution in [1.29, 1.82) is 0 Å². The van der Waals surface area contributed by atoms with Crippen molar-refractivity contribution in [3.05, 3.63) is 29.0 Å². The van der Waals surface area contributed by atoms with Crippen LogP contribution in [0.3, 0.4) is 0 Å². The highest BCUT2D eigenvalue weighted by Crippen LogP contribution is 2.22. The number of hydrogen-bond acceptors (Lipinski definition) is 3. The fourth-order valence-corrected chi connectivity index (χ4v) is 3.72. The standard InChI is InChI=1S/C16H24ClN3/c17-16-12-14(4-7-18-16)13-19-10-5-15(6-11-19)20-8-2-1-3-9-20/h4,7,12,15H,1-3,5-6,8-11,13H2. The van der Waals surface area contributed by atoms with Crippen molar-refractivity contribution in [3.63, 3.8) is 0 Å². The summed E-state index contributed by atoms with van der Waals surface area (Å²) in [5.74, 6) is 0. The van der Waals surface area contributed by atoms with Gasteiger partial charge in [-0.1, -0.05) is 18.0 Å². The molecule has 3 nitrogen and oxygen atoms in total. The van der Waals surface area contributed by atoms with Gasteiger partial charge in [-0.15, -0.1) is 0 Å². The lowest BCUT2D eigenvalue weighted by Crippen LogP contribution is -2.46. The van der Waals surface area contributed by atoms with Crippen LogP contribution in [0.1, 0.15) is 37.7 Å².